The Kier molecular flexibility index (Phi) is 4.32. The smallest absolute Gasteiger partial charge is 0.122 e. The first-order chi connectivity index (χ1) is 9.08. The third-order valence-corrected chi connectivity index (χ3v) is 3.45. The minimum Gasteiger partial charge on any atom is -0.497 e. The molecule has 19 heavy (non-hydrogen) atoms. The number of ether oxygens (including phenoxy) is 1. The fourth-order valence-electron chi connectivity index (χ4n) is 1.90. The minimum atomic E-state index is 0.706. The second-order valence-electron chi connectivity index (χ2n) is 4.45. The number of rotatable bonds is 4. The van der Waals surface area contributed by atoms with E-state index in [1.165, 1.54) is 5.56 Å². The molecule has 0 amide bonds. The van der Waals surface area contributed by atoms with E-state index >= 15 is 0 Å². The van der Waals surface area contributed by atoms with Crippen molar-refractivity contribution in [3.8, 4) is 5.75 Å². The number of nitrogens with zero attached hydrogens (tertiary/aromatic N) is 1. The summed E-state index contributed by atoms with van der Waals surface area (Å²) >= 11 is 3.44. The molecule has 0 fully saturated rings. The van der Waals surface area contributed by atoms with Gasteiger partial charge >= 0.3 is 0 Å². The average Bonchev–Trinajstić information content (AvgIpc) is 2.40. The maximum absolute atomic E-state index is 5.87. The first-order valence-corrected chi connectivity index (χ1v) is 6.78. The summed E-state index contributed by atoms with van der Waals surface area (Å²) in [6.45, 7) is 0.819. The molecule has 0 bridgehead atoms. The molecular formula is C15H17BrN2O. The Hall–Kier alpha value is -1.68. The van der Waals surface area contributed by atoms with E-state index in [0.29, 0.717) is 5.69 Å². The van der Waals surface area contributed by atoms with Gasteiger partial charge in [-0.15, -0.1) is 0 Å². The standard InChI is InChI=1S/C15H17BrN2O/c1-18(10-11-3-5-12(16)6-4-11)14-7-13(17)8-15(9-14)19-2/h3-9H,10,17H2,1-2H3. The fraction of sp³-hybridized carbons (Fsp3) is 0.200. The molecule has 2 aromatic carbocycles. The third-order valence-electron chi connectivity index (χ3n) is 2.92. The van der Waals surface area contributed by atoms with Gasteiger partial charge in [-0.25, -0.2) is 0 Å². The van der Waals surface area contributed by atoms with Crippen molar-refractivity contribution in [2.24, 2.45) is 0 Å². The molecule has 0 spiro atoms. The number of nitrogens with two attached hydrogens (primary N) is 1. The lowest BCUT2D eigenvalue weighted by atomic mass is 10.2. The van der Waals surface area contributed by atoms with Crippen LogP contribution in [0.4, 0.5) is 11.4 Å². The van der Waals surface area contributed by atoms with Crippen molar-refractivity contribution in [1.82, 2.24) is 0 Å². The maximum Gasteiger partial charge on any atom is 0.122 e. The van der Waals surface area contributed by atoms with Crippen molar-refractivity contribution >= 4 is 27.3 Å². The van der Waals surface area contributed by atoms with Gasteiger partial charge in [-0.05, 0) is 23.8 Å². The van der Waals surface area contributed by atoms with Crippen LogP contribution < -0.4 is 15.4 Å². The van der Waals surface area contributed by atoms with E-state index in [4.69, 9.17) is 10.5 Å². The van der Waals surface area contributed by atoms with E-state index in [1.54, 1.807) is 7.11 Å². The highest BCUT2D eigenvalue weighted by molar-refractivity contribution is 9.10. The minimum absolute atomic E-state index is 0.706. The van der Waals surface area contributed by atoms with Crippen molar-refractivity contribution in [3.63, 3.8) is 0 Å². The summed E-state index contributed by atoms with van der Waals surface area (Å²) in [5.41, 5.74) is 8.86. The number of anilines is 2. The number of methoxy groups -OCH3 is 1. The molecule has 0 unspecified atom stereocenters. The number of halogens is 1. The molecule has 0 radical (unpaired) electrons. The normalized spacial score (nSPS) is 10.3. The van der Waals surface area contributed by atoms with Gasteiger partial charge < -0.3 is 15.4 Å². The molecule has 3 nitrogen and oxygen atoms in total. The van der Waals surface area contributed by atoms with E-state index in [9.17, 15) is 0 Å². The summed E-state index contributed by atoms with van der Waals surface area (Å²) < 4.78 is 6.33. The van der Waals surface area contributed by atoms with Gasteiger partial charge in [0.2, 0.25) is 0 Å². The van der Waals surface area contributed by atoms with Crippen LogP contribution in [0.2, 0.25) is 0 Å². The summed E-state index contributed by atoms with van der Waals surface area (Å²) in [7, 11) is 3.68. The lowest BCUT2D eigenvalue weighted by molar-refractivity contribution is 0.415. The van der Waals surface area contributed by atoms with Crippen LogP contribution in [0.25, 0.3) is 0 Å². The largest absolute Gasteiger partial charge is 0.497 e. The zero-order chi connectivity index (χ0) is 13.8. The molecule has 0 aliphatic rings. The van der Waals surface area contributed by atoms with Crippen LogP contribution in [-0.2, 0) is 6.54 Å². The molecule has 0 saturated carbocycles. The second kappa shape index (κ2) is 5.97. The average molecular weight is 321 g/mol. The van der Waals surface area contributed by atoms with Crippen LogP contribution in [0.5, 0.6) is 5.75 Å². The molecule has 0 aliphatic heterocycles. The highest BCUT2D eigenvalue weighted by Crippen LogP contribution is 2.25. The van der Waals surface area contributed by atoms with Gasteiger partial charge in [-0.1, -0.05) is 28.1 Å². The second-order valence-corrected chi connectivity index (χ2v) is 5.36. The van der Waals surface area contributed by atoms with Crippen LogP contribution in [-0.4, -0.2) is 14.2 Å². The fourth-order valence-corrected chi connectivity index (χ4v) is 2.16. The zero-order valence-corrected chi connectivity index (χ0v) is 12.6. The molecule has 0 heterocycles. The van der Waals surface area contributed by atoms with E-state index in [-0.39, 0.29) is 0 Å². The topological polar surface area (TPSA) is 38.5 Å². The van der Waals surface area contributed by atoms with Gasteiger partial charge in [0.05, 0.1) is 7.11 Å². The highest BCUT2D eigenvalue weighted by atomic mass is 79.9. The SMILES string of the molecule is COc1cc(N)cc(N(C)Cc2ccc(Br)cc2)c1. The Balaban J connectivity index is 2.17. The van der Waals surface area contributed by atoms with Crippen LogP contribution in [0, 0.1) is 0 Å². The van der Waals surface area contributed by atoms with Crippen LogP contribution in [0.3, 0.4) is 0 Å². The van der Waals surface area contributed by atoms with E-state index < -0.39 is 0 Å². The highest BCUT2D eigenvalue weighted by Gasteiger charge is 2.05. The predicted octanol–water partition coefficient (Wildman–Crippen LogP) is 3.68. The predicted molar refractivity (Wildman–Crippen MR) is 83.7 cm³/mol. The van der Waals surface area contributed by atoms with Crippen molar-refractivity contribution in [1.29, 1.82) is 0 Å². The monoisotopic (exact) mass is 320 g/mol. The van der Waals surface area contributed by atoms with Crippen molar-refractivity contribution in [2.45, 2.75) is 6.54 Å². The van der Waals surface area contributed by atoms with Gasteiger partial charge in [0, 0.05) is 41.6 Å². The maximum atomic E-state index is 5.87. The van der Waals surface area contributed by atoms with Crippen molar-refractivity contribution in [2.75, 3.05) is 24.8 Å². The summed E-state index contributed by atoms with van der Waals surface area (Å²) in [6, 6.07) is 14.0. The van der Waals surface area contributed by atoms with Crippen LogP contribution >= 0.6 is 15.9 Å². The molecule has 0 aromatic heterocycles. The van der Waals surface area contributed by atoms with Gasteiger partial charge in [0.15, 0.2) is 0 Å². The number of nitrogen functional groups attached to an aromatic ring is 1. The first kappa shape index (κ1) is 13.7. The Morgan fingerprint density at radius 3 is 2.47 bits per heavy atom. The molecule has 100 valence electrons. The van der Waals surface area contributed by atoms with Gasteiger partial charge in [-0.2, -0.15) is 0 Å². The Morgan fingerprint density at radius 2 is 1.84 bits per heavy atom. The van der Waals surface area contributed by atoms with Gasteiger partial charge in [0.25, 0.3) is 0 Å². The van der Waals surface area contributed by atoms with Crippen LogP contribution in [0.1, 0.15) is 5.56 Å². The summed E-state index contributed by atoms with van der Waals surface area (Å²) in [6.07, 6.45) is 0. The van der Waals surface area contributed by atoms with Gasteiger partial charge in [-0.3, -0.25) is 0 Å². The number of hydrogen-bond donors (Lipinski definition) is 1. The first-order valence-electron chi connectivity index (χ1n) is 5.98. The Morgan fingerprint density at radius 1 is 1.16 bits per heavy atom. The van der Waals surface area contributed by atoms with E-state index in [0.717, 1.165) is 22.5 Å². The molecule has 0 saturated heterocycles. The van der Waals surface area contributed by atoms with Crippen molar-refractivity contribution < 1.29 is 4.74 Å². The van der Waals surface area contributed by atoms with Crippen LogP contribution in [0.15, 0.2) is 46.9 Å². The van der Waals surface area contributed by atoms with E-state index in [1.807, 2.05) is 37.4 Å². The summed E-state index contributed by atoms with van der Waals surface area (Å²) in [5.74, 6) is 0.776. The lowest BCUT2D eigenvalue weighted by Crippen LogP contribution is -2.16. The zero-order valence-electron chi connectivity index (χ0n) is 11.1. The van der Waals surface area contributed by atoms with E-state index in [2.05, 4.69) is 33.0 Å². The number of benzene rings is 2. The van der Waals surface area contributed by atoms with Gasteiger partial charge in [0.1, 0.15) is 5.75 Å². The molecule has 2 aromatic rings. The van der Waals surface area contributed by atoms with Crippen molar-refractivity contribution in [3.05, 3.63) is 52.5 Å². The summed E-state index contributed by atoms with van der Waals surface area (Å²) in [5, 5.41) is 0. The molecule has 0 atom stereocenters. The number of hydrogen-bond acceptors (Lipinski definition) is 3. The summed E-state index contributed by atoms with van der Waals surface area (Å²) in [4.78, 5) is 2.14. The quantitative estimate of drug-likeness (QED) is 0.873. The Bertz CT molecular complexity index is 555. The third kappa shape index (κ3) is 3.64. The molecule has 4 heteroatoms. The molecule has 2 rings (SSSR count). The lowest BCUT2D eigenvalue weighted by Gasteiger charge is -2.20. The molecule has 0 aliphatic carbocycles. The Labute approximate surface area is 122 Å². The molecule has 2 N–H and O–H groups in total. The molecular weight excluding hydrogens is 304 g/mol.